The number of H-pyrrole nitrogens is 1. The number of ether oxygens (including phenoxy) is 3. The minimum absolute atomic E-state index is 0.0650. The van der Waals surface area contributed by atoms with Gasteiger partial charge in [0.15, 0.2) is 11.5 Å². The fraction of sp³-hybridized carbons (Fsp3) is 0.522. The minimum atomic E-state index is -1.08. The van der Waals surface area contributed by atoms with Gasteiger partial charge in [0.25, 0.3) is 11.5 Å². The summed E-state index contributed by atoms with van der Waals surface area (Å²) in [7, 11) is 2.83. The molecule has 1 aliphatic rings. The van der Waals surface area contributed by atoms with Crippen molar-refractivity contribution in [3.63, 3.8) is 0 Å². The molecule has 1 heterocycles. The number of amides is 1. The molecular weight excluding hydrogens is 400 g/mol. The van der Waals surface area contributed by atoms with Crippen molar-refractivity contribution >= 4 is 22.8 Å². The van der Waals surface area contributed by atoms with Gasteiger partial charge in [0.2, 0.25) is 0 Å². The lowest BCUT2D eigenvalue weighted by Crippen LogP contribution is -2.53. The second-order valence-corrected chi connectivity index (χ2v) is 7.86. The van der Waals surface area contributed by atoms with Crippen LogP contribution in [0.4, 0.5) is 0 Å². The predicted octanol–water partition coefficient (Wildman–Crippen LogP) is 3.32. The normalized spacial score (nSPS) is 14.9. The Morgan fingerprint density at radius 1 is 1.16 bits per heavy atom. The van der Waals surface area contributed by atoms with Gasteiger partial charge >= 0.3 is 5.97 Å². The van der Waals surface area contributed by atoms with Gasteiger partial charge in [-0.25, -0.2) is 4.79 Å². The first-order valence-electron chi connectivity index (χ1n) is 10.7. The molecule has 2 aromatic rings. The highest BCUT2D eigenvalue weighted by Gasteiger charge is 2.44. The van der Waals surface area contributed by atoms with Crippen molar-refractivity contribution < 1.29 is 23.8 Å². The molecule has 1 fully saturated rings. The first-order valence-corrected chi connectivity index (χ1v) is 10.7. The smallest absolute Gasteiger partial charge is 0.331 e. The summed E-state index contributed by atoms with van der Waals surface area (Å²) in [5.74, 6) is -0.130. The van der Waals surface area contributed by atoms with Crippen LogP contribution in [0.5, 0.6) is 11.5 Å². The Labute approximate surface area is 181 Å². The summed E-state index contributed by atoms with van der Waals surface area (Å²) < 4.78 is 16.2. The number of benzene rings is 1. The van der Waals surface area contributed by atoms with Crippen LogP contribution in [0, 0.1) is 0 Å². The van der Waals surface area contributed by atoms with E-state index in [2.05, 4.69) is 17.2 Å². The summed E-state index contributed by atoms with van der Waals surface area (Å²) >= 11 is 0. The quantitative estimate of drug-likeness (QED) is 0.467. The lowest BCUT2D eigenvalue weighted by atomic mass is 9.97. The number of nitrogens with one attached hydrogen (secondary N) is 2. The van der Waals surface area contributed by atoms with Crippen LogP contribution in [0.3, 0.4) is 0 Å². The first-order chi connectivity index (χ1) is 15.0. The van der Waals surface area contributed by atoms with Gasteiger partial charge in [-0.1, -0.05) is 32.6 Å². The number of carbonyl (C=O) groups is 2. The number of aromatic amines is 1. The summed E-state index contributed by atoms with van der Waals surface area (Å²) in [4.78, 5) is 40.8. The summed E-state index contributed by atoms with van der Waals surface area (Å²) in [6.07, 6.45) is 5.59. The molecule has 168 valence electrons. The Kier molecular flexibility index (Phi) is 7.20. The Bertz CT molecular complexity index is 1010. The zero-order chi connectivity index (χ0) is 22.4. The Hall–Kier alpha value is -3.03. The van der Waals surface area contributed by atoms with Crippen molar-refractivity contribution in [1.82, 2.24) is 10.3 Å². The summed E-state index contributed by atoms with van der Waals surface area (Å²) in [6, 6.07) is 5.01. The fourth-order valence-corrected chi connectivity index (χ4v) is 4.07. The van der Waals surface area contributed by atoms with Gasteiger partial charge in [-0.3, -0.25) is 9.59 Å². The molecule has 0 atom stereocenters. The largest absolute Gasteiger partial charge is 0.493 e. The highest BCUT2D eigenvalue weighted by molar-refractivity contribution is 6.01. The average Bonchev–Trinajstić information content (AvgIpc) is 3.25. The van der Waals surface area contributed by atoms with Gasteiger partial charge in [0.05, 0.1) is 26.3 Å². The minimum Gasteiger partial charge on any atom is -0.493 e. The monoisotopic (exact) mass is 430 g/mol. The molecule has 0 bridgehead atoms. The number of hydrogen-bond donors (Lipinski definition) is 2. The number of esters is 1. The van der Waals surface area contributed by atoms with Crippen LogP contribution in [0.25, 0.3) is 10.9 Å². The summed E-state index contributed by atoms with van der Waals surface area (Å²) in [6.45, 7) is 2.60. The molecule has 1 aliphatic carbocycles. The second kappa shape index (κ2) is 9.85. The van der Waals surface area contributed by atoms with Crippen LogP contribution in [0.1, 0.15) is 62.2 Å². The molecule has 0 aliphatic heterocycles. The lowest BCUT2D eigenvalue weighted by Gasteiger charge is -2.27. The number of unbranched alkanes of at least 4 members (excludes halogenated alkanes) is 2. The third-order valence-corrected chi connectivity index (χ3v) is 5.78. The molecule has 0 unspecified atom stereocenters. The first kappa shape index (κ1) is 22.7. The molecule has 1 aromatic carbocycles. The number of carbonyl (C=O) groups excluding carboxylic acids is 2. The predicted molar refractivity (Wildman–Crippen MR) is 117 cm³/mol. The van der Waals surface area contributed by atoms with Gasteiger partial charge in [-0.15, -0.1) is 0 Å². The van der Waals surface area contributed by atoms with Crippen LogP contribution in [-0.4, -0.2) is 43.2 Å². The van der Waals surface area contributed by atoms with Gasteiger partial charge in [-0.05, 0) is 37.5 Å². The molecule has 1 aromatic heterocycles. The molecule has 3 rings (SSSR count). The number of hydrogen-bond acceptors (Lipinski definition) is 6. The maximum absolute atomic E-state index is 12.9. The topological polar surface area (TPSA) is 107 Å². The van der Waals surface area contributed by atoms with Crippen molar-refractivity contribution in [3.8, 4) is 11.5 Å². The molecule has 1 saturated carbocycles. The number of aromatic nitrogens is 1. The molecular formula is C23H30N2O6. The Balaban J connectivity index is 1.94. The molecule has 8 nitrogen and oxygen atoms in total. The van der Waals surface area contributed by atoms with E-state index >= 15 is 0 Å². The molecule has 0 spiro atoms. The highest BCUT2D eigenvalue weighted by Crippen LogP contribution is 2.35. The standard InChI is InChI=1S/C23H30N2O6/c1-4-5-8-13-31-19-17(29-2)10-9-15-14-16(20(26)24-18(15)19)21(27)25-23(22(28)30-3)11-6-7-12-23/h9-10,14H,4-8,11-13H2,1-3H3,(H,24,26)(H,25,27). The molecule has 0 radical (unpaired) electrons. The van der Waals surface area contributed by atoms with Crippen molar-refractivity contribution in [2.75, 3.05) is 20.8 Å². The van der Waals surface area contributed by atoms with E-state index in [1.807, 2.05) is 0 Å². The van der Waals surface area contributed by atoms with Crippen LogP contribution in [0.15, 0.2) is 23.0 Å². The van der Waals surface area contributed by atoms with E-state index in [9.17, 15) is 14.4 Å². The maximum atomic E-state index is 12.9. The van der Waals surface area contributed by atoms with Crippen LogP contribution in [0.2, 0.25) is 0 Å². The van der Waals surface area contributed by atoms with Crippen molar-refractivity contribution in [2.45, 2.75) is 57.4 Å². The molecule has 1 amide bonds. The van der Waals surface area contributed by atoms with Gasteiger partial charge in [-0.2, -0.15) is 0 Å². The summed E-state index contributed by atoms with van der Waals surface area (Å²) in [5.41, 5.74) is -1.24. The summed E-state index contributed by atoms with van der Waals surface area (Å²) in [5, 5.41) is 3.39. The van der Waals surface area contributed by atoms with Crippen LogP contribution in [-0.2, 0) is 9.53 Å². The molecule has 31 heavy (non-hydrogen) atoms. The fourth-order valence-electron chi connectivity index (χ4n) is 4.07. The van der Waals surface area contributed by atoms with Crippen LogP contribution < -0.4 is 20.3 Å². The van der Waals surface area contributed by atoms with E-state index in [1.165, 1.54) is 20.3 Å². The van der Waals surface area contributed by atoms with E-state index < -0.39 is 23.0 Å². The van der Waals surface area contributed by atoms with Crippen molar-refractivity contribution in [3.05, 3.63) is 34.1 Å². The van der Waals surface area contributed by atoms with E-state index in [1.54, 1.807) is 12.1 Å². The maximum Gasteiger partial charge on any atom is 0.331 e. The van der Waals surface area contributed by atoms with E-state index in [0.29, 0.717) is 41.9 Å². The number of rotatable bonds is 9. The van der Waals surface area contributed by atoms with Gasteiger partial charge < -0.3 is 24.5 Å². The highest BCUT2D eigenvalue weighted by atomic mass is 16.5. The number of methoxy groups -OCH3 is 2. The zero-order valence-electron chi connectivity index (χ0n) is 18.3. The Morgan fingerprint density at radius 2 is 1.90 bits per heavy atom. The third-order valence-electron chi connectivity index (χ3n) is 5.78. The van der Waals surface area contributed by atoms with Crippen molar-refractivity contribution in [2.24, 2.45) is 0 Å². The van der Waals surface area contributed by atoms with Gasteiger partial charge in [0, 0.05) is 5.39 Å². The molecule has 2 N–H and O–H groups in total. The van der Waals surface area contributed by atoms with E-state index in [4.69, 9.17) is 14.2 Å². The Morgan fingerprint density at radius 3 is 2.55 bits per heavy atom. The van der Waals surface area contributed by atoms with E-state index in [0.717, 1.165) is 32.1 Å². The third kappa shape index (κ3) is 4.68. The van der Waals surface area contributed by atoms with Crippen molar-refractivity contribution in [1.29, 1.82) is 0 Å². The van der Waals surface area contributed by atoms with Crippen LogP contribution >= 0.6 is 0 Å². The number of pyridine rings is 1. The second-order valence-electron chi connectivity index (χ2n) is 7.86. The van der Waals surface area contributed by atoms with E-state index in [-0.39, 0.29) is 5.56 Å². The average molecular weight is 431 g/mol. The zero-order valence-corrected chi connectivity index (χ0v) is 18.3. The number of fused-ring (bicyclic) bond motifs is 1. The SMILES string of the molecule is CCCCCOc1c(OC)ccc2cc(C(=O)NC3(C(=O)OC)CCCC3)c(=O)[nH]c12. The molecule has 0 saturated heterocycles. The molecule has 8 heteroatoms. The van der Waals surface area contributed by atoms with Gasteiger partial charge in [0.1, 0.15) is 11.1 Å². The lowest BCUT2D eigenvalue weighted by molar-refractivity contribution is -0.148.